The zero-order valence-corrected chi connectivity index (χ0v) is 12.1. The van der Waals surface area contributed by atoms with Gasteiger partial charge in [0.25, 0.3) is 0 Å². The zero-order valence-electron chi connectivity index (χ0n) is 12.1. The minimum absolute atomic E-state index is 0.0477. The Morgan fingerprint density at radius 3 is 2.84 bits per heavy atom. The lowest BCUT2D eigenvalue weighted by Gasteiger charge is -2.36. The Kier molecular flexibility index (Phi) is 4.64. The number of furan rings is 1. The minimum Gasteiger partial charge on any atom is -0.465 e. The van der Waals surface area contributed by atoms with Crippen molar-refractivity contribution in [1.82, 2.24) is 10.2 Å². The van der Waals surface area contributed by atoms with Gasteiger partial charge in [0.05, 0.1) is 12.6 Å². The molecule has 1 aromatic rings. The minimum atomic E-state index is -0.0477. The number of carbonyl (C=O) groups excluding carboxylic acids is 1. The van der Waals surface area contributed by atoms with E-state index in [4.69, 9.17) is 4.42 Å². The quantitative estimate of drug-likeness (QED) is 0.886. The highest BCUT2D eigenvalue weighted by atomic mass is 16.3. The van der Waals surface area contributed by atoms with Crippen molar-refractivity contribution in [2.24, 2.45) is 5.92 Å². The van der Waals surface area contributed by atoms with Crippen LogP contribution in [0, 0.1) is 5.92 Å². The molecule has 4 heteroatoms. The van der Waals surface area contributed by atoms with Crippen LogP contribution >= 0.6 is 0 Å². The summed E-state index contributed by atoms with van der Waals surface area (Å²) < 4.78 is 5.82. The third-order valence-corrected chi connectivity index (χ3v) is 3.56. The van der Waals surface area contributed by atoms with Crippen molar-refractivity contribution in [3.63, 3.8) is 0 Å². The lowest BCUT2D eigenvalue weighted by molar-refractivity contribution is -0.131. The predicted octanol–water partition coefficient (Wildman–Crippen LogP) is 2.19. The van der Waals surface area contributed by atoms with E-state index in [0.29, 0.717) is 5.92 Å². The molecule has 106 valence electrons. The zero-order chi connectivity index (χ0) is 13.8. The topological polar surface area (TPSA) is 45.5 Å². The maximum Gasteiger partial charge on any atom is 0.237 e. The van der Waals surface area contributed by atoms with Crippen molar-refractivity contribution in [2.75, 3.05) is 13.1 Å². The summed E-state index contributed by atoms with van der Waals surface area (Å²) in [5, 5.41) is 2.94. The molecule has 0 aromatic carbocycles. The van der Waals surface area contributed by atoms with Crippen molar-refractivity contribution in [2.45, 2.75) is 46.2 Å². The molecule has 0 aliphatic carbocycles. The lowest BCUT2D eigenvalue weighted by atomic mass is 9.99. The number of hydrogen-bond acceptors (Lipinski definition) is 3. The molecule has 0 unspecified atom stereocenters. The summed E-state index contributed by atoms with van der Waals surface area (Å²) in [5.41, 5.74) is 0. The summed E-state index contributed by atoms with van der Waals surface area (Å²) in [5.74, 6) is 2.45. The molecular weight excluding hydrogens is 240 g/mol. The van der Waals surface area contributed by atoms with Crippen molar-refractivity contribution in [3.8, 4) is 0 Å². The molecule has 1 amide bonds. The first-order valence-electron chi connectivity index (χ1n) is 7.21. The van der Waals surface area contributed by atoms with E-state index >= 15 is 0 Å². The van der Waals surface area contributed by atoms with Crippen LogP contribution in [0.25, 0.3) is 0 Å². The SMILES string of the molecule is CCCc1ccc(CN2CCNC(=O)[C@@H]2C(C)C)o1. The van der Waals surface area contributed by atoms with Gasteiger partial charge in [-0.05, 0) is 24.5 Å². The van der Waals surface area contributed by atoms with E-state index in [0.717, 1.165) is 44.0 Å². The van der Waals surface area contributed by atoms with Gasteiger partial charge < -0.3 is 9.73 Å². The van der Waals surface area contributed by atoms with Gasteiger partial charge in [0.1, 0.15) is 11.5 Å². The second-order valence-electron chi connectivity index (χ2n) is 5.57. The Hall–Kier alpha value is -1.29. The van der Waals surface area contributed by atoms with Gasteiger partial charge in [-0.15, -0.1) is 0 Å². The van der Waals surface area contributed by atoms with E-state index in [1.54, 1.807) is 0 Å². The number of nitrogens with one attached hydrogen (secondary N) is 1. The number of nitrogens with zero attached hydrogens (tertiary/aromatic N) is 1. The maximum absolute atomic E-state index is 12.0. The molecule has 1 fully saturated rings. The van der Waals surface area contributed by atoms with E-state index in [2.05, 4.69) is 31.0 Å². The van der Waals surface area contributed by atoms with Crippen LogP contribution in [0.5, 0.6) is 0 Å². The summed E-state index contributed by atoms with van der Waals surface area (Å²) in [4.78, 5) is 14.2. The third-order valence-electron chi connectivity index (χ3n) is 3.56. The average molecular weight is 264 g/mol. The van der Waals surface area contributed by atoms with E-state index in [1.165, 1.54) is 0 Å². The lowest BCUT2D eigenvalue weighted by Crippen LogP contribution is -2.56. The van der Waals surface area contributed by atoms with Crippen LogP contribution in [0.4, 0.5) is 0 Å². The fourth-order valence-electron chi connectivity index (χ4n) is 2.72. The average Bonchev–Trinajstić information content (AvgIpc) is 2.76. The van der Waals surface area contributed by atoms with Gasteiger partial charge in [0.2, 0.25) is 5.91 Å². The monoisotopic (exact) mass is 264 g/mol. The largest absolute Gasteiger partial charge is 0.465 e. The third kappa shape index (κ3) is 3.38. The predicted molar refractivity (Wildman–Crippen MR) is 74.7 cm³/mol. The maximum atomic E-state index is 12.0. The van der Waals surface area contributed by atoms with E-state index in [9.17, 15) is 4.79 Å². The van der Waals surface area contributed by atoms with Crippen LogP contribution in [0.2, 0.25) is 0 Å². The number of hydrogen-bond donors (Lipinski definition) is 1. The molecule has 19 heavy (non-hydrogen) atoms. The molecule has 4 nitrogen and oxygen atoms in total. The Morgan fingerprint density at radius 1 is 1.42 bits per heavy atom. The van der Waals surface area contributed by atoms with Crippen molar-refractivity contribution < 1.29 is 9.21 Å². The van der Waals surface area contributed by atoms with Crippen LogP contribution in [0.15, 0.2) is 16.5 Å². The smallest absolute Gasteiger partial charge is 0.237 e. The van der Waals surface area contributed by atoms with Gasteiger partial charge in [-0.2, -0.15) is 0 Å². The van der Waals surface area contributed by atoms with Gasteiger partial charge in [-0.3, -0.25) is 9.69 Å². The first kappa shape index (κ1) is 14.1. The first-order chi connectivity index (χ1) is 9.11. The molecule has 1 saturated heterocycles. The van der Waals surface area contributed by atoms with Crippen molar-refractivity contribution in [3.05, 3.63) is 23.7 Å². The molecule has 1 N–H and O–H groups in total. The fourth-order valence-corrected chi connectivity index (χ4v) is 2.72. The van der Waals surface area contributed by atoms with Crippen LogP contribution in [0.1, 0.15) is 38.7 Å². The molecule has 0 bridgehead atoms. The normalized spacial score (nSPS) is 20.8. The van der Waals surface area contributed by atoms with Crippen LogP contribution in [0.3, 0.4) is 0 Å². The molecule has 0 saturated carbocycles. The number of piperazine rings is 1. The van der Waals surface area contributed by atoms with E-state index in [1.807, 2.05) is 12.1 Å². The van der Waals surface area contributed by atoms with Crippen LogP contribution in [-0.2, 0) is 17.8 Å². The highest BCUT2D eigenvalue weighted by Gasteiger charge is 2.32. The number of aryl methyl sites for hydroxylation is 1. The molecule has 1 aliphatic heterocycles. The first-order valence-corrected chi connectivity index (χ1v) is 7.21. The molecular formula is C15H24N2O2. The molecule has 0 radical (unpaired) electrons. The standard InChI is InChI=1S/C15H24N2O2/c1-4-5-12-6-7-13(19-12)10-17-9-8-16-15(18)14(17)11(2)3/h6-7,11,14H,4-5,8-10H2,1-3H3,(H,16,18)/t14-/m0/s1. The van der Waals surface area contributed by atoms with Crippen LogP contribution in [-0.4, -0.2) is 29.9 Å². The molecule has 2 heterocycles. The van der Waals surface area contributed by atoms with E-state index < -0.39 is 0 Å². The summed E-state index contributed by atoms with van der Waals surface area (Å²) in [6, 6.07) is 4.04. The summed E-state index contributed by atoms with van der Waals surface area (Å²) in [7, 11) is 0. The van der Waals surface area contributed by atoms with Gasteiger partial charge in [0.15, 0.2) is 0 Å². The van der Waals surface area contributed by atoms with Gasteiger partial charge in [-0.25, -0.2) is 0 Å². The van der Waals surface area contributed by atoms with Gasteiger partial charge >= 0.3 is 0 Å². The Bertz CT molecular complexity index is 426. The van der Waals surface area contributed by atoms with Gasteiger partial charge in [-0.1, -0.05) is 20.8 Å². The number of rotatable bonds is 5. The molecule has 1 aliphatic rings. The van der Waals surface area contributed by atoms with E-state index in [-0.39, 0.29) is 11.9 Å². The Labute approximate surface area is 115 Å². The summed E-state index contributed by atoms with van der Waals surface area (Å²) >= 11 is 0. The second kappa shape index (κ2) is 6.24. The summed E-state index contributed by atoms with van der Waals surface area (Å²) in [6.07, 6.45) is 2.07. The highest BCUT2D eigenvalue weighted by Crippen LogP contribution is 2.19. The van der Waals surface area contributed by atoms with Crippen molar-refractivity contribution >= 4 is 5.91 Å². The fraction of sp³-hybridized carbons (Fsp3) is 0.667. The Balaban J connectivity index is 2.04. The highest BCUT2D eigenvalue weighted by molar-refractivity contribution is 5.82. The number of amides is 1. The number of carbonyl (C=O) groups is 1. The molecule has 1 aromatic heterocycles. The Morgan fingerprint density at radius 2 is 2.16 bits per heavy atom. The van der Waals surface area contributed by atoms with Crippen LogP contribution < -0.4 is 5.32 Å². The van der Waals surface area contributed by atoms with Crippen molar-refractivity contribution in [1.29, 1.82) is 0 Å². The molecule has 0 spiro atoms. The molecule has 2 rings (SSSR count). The summed E-state index contributed by atoms with van der Waals surface area (Å²) in [6.45, 7) is 8.66. The molecule has 1 atom stereocenters. The second-order valence-corrected chi connectivity index (χ2v) is 5.57. The van der Waals surface area contributed by atoms with Gasteiger partial charge in [0, 0.05) is 19.5 Å².